The van der Waals surface area contributed by atoms with E-state index in [0.717, 1.165) is 19.1 Å². The summed E-state index contributed by atoms with van der Waals surface area (Å²) in [5, 5.41) is 3.48. The largest absolute Gasteiger partial charge is 0.382 e. The third kappa shape index (κ3) is 7.02. The summed E-state index contributed by atoms with van der Waals surface area (Å²) in [5.74, 6) is 0.781. The molecule has 0 bridgehead atoms. The standard InChI is InChI=1S/C14H29NO2/c1-14(2,3)15-9-13(11-16-4)17-10-12-7-5-6-8-12/h12-13,15H,5-11H2,1-4H3. The maximum atomic E-state index is 5.97. The number of methoxy groups -OCH3 is 1. The fraction of sp³-hybridized carbons (Fsp3) is 1.00. The Labute approximate surface area is 106 Å². The number of hydrogen-bond donors (Lipinski definition) is 1. The zero-order valence-corrected chi connectivity index (χ0v) is 11.9. The molecule has 0 aliphatic heterocycles. The lowest BCUT2D eigenvalue weighted by Gasteiger charge is -2.26. The van der Waals surface area contributed by atoms with Gasteiger partial charge in [0.2, 0.25) is 0 Å². The SMILES string of the molecule is COCC(CNC(C)(C)C)OCC1CCCC1. The van der Waals surface area contributed by atoms with Gasteiger partial charge >= 0.3 is 0 Å². The summed E-state index contributed by atoms with van der Waals surface area (Å²) in [5.41, 5.74) is 0.142. The molecular weight excluding hydrogens is 214 g/mol. The van der Waals surface area contributed by atoms with Crippen molar-refractivity contribution in [2.75, 3.05) is 26.9 Å². The van der Waals surface area contributed by atoms with Gasteiger partial charge in [0.1, 0.15) is 0 Å². The number of rotatable bonds is 7. The van der Waals surface area contributed by atoms with E-state index in [1.54, 1.807) is 7.11 Å². The van der Waals surface area contributed by atoms with Gasteiger partial charge in [0.05, 0.1) is 12.7 Å². The first kappa shape index (κ1) is 14.9. The van der Waals surface area contributed by atoms with Gasteiger partial charge < -0.3 is 14.8 Å². The highest BCUT2D eigenvalue weighted by Crippen LogP contribution is 2.25. The number of ether oxygens (including phenoxy) is 2. The van der Waals surface area contributed by atoms with Crippen molar-refractivity contribution in [2.24, 2.45) is 5.92 Å². The molecule has 1 rings (SSSR count). The Morgan fingerprint density at radius 2 is 1.88 bits per heavy atom. The minimum atomic E-state index is 0.142. The monoisotopic (exact) mass is 243 g/mol. The third-order valence-corrected chi connectivity index (χ3v) is 3.25. The van der Waals surface area contributed by atoms with Gasteiger partial charge in [0.15, 0.2) is 0 Å². The number of nitrogens with one attached hydrogen (secondary N) is 1. The Kier molecular flexibility index (Phi) is 6.45. The Morgan fingerprint density at radius 1 is 1.24 bits per heavy atom. The van der Waals surface area contributed by atoms with Crippen molar-refractivity contribution in [1.82, 2.24) is 5.32 Å². The summed E-state index contributed by atoms with van der Waals surface area (Å²) in [7, 11) is 1.74. The van der Waals surface area contributed by atoms with Crippen molar-refractivity contribution in [2.45, 2.75) is 58.1 Å². The molecule has 1 aliphatic rings. The lowest BCUT2D eigenvalue weighted by Crippen LogP contribution is -2.43. The summed E-state index contributed by atoms with van der Waals surface area (Å²) >= 11 is 0. The van der Waals surface area contributed by atoms with Crippen LogP contribution in [0.3, 0.4) is 0 Å². The summed E-state index contributed by atoms with van der Waals surface area (Å²) in [6, 6.07) is 0. The molecule has 0 spiro atoms. The van der Waals surface area contributed by atoms with E-state index in [1.807, 2.05) is 0 Å². The molecule has 17 heavy (non-hydrogen) atoms. The first-order valence-electron chi connectivity index (χ1n) is 6.87. The van der Waals surface area contributed by atoms with E-state index in [2.05, 4.69) is 26.1 Å². The molecule has 1 fully saturated rings. The van der Waals surface area contributed by atoms with Crippen molar-refractivity contribution >= 4 is 0 Å². The van der Waals surface area contributed by atoms with E-state index in [4.69, 9.17) is 9.47 Å². The molecule has 0 aromatic heterocycles. The van der Waals surface area contributed by atoms with Crippen LogP contribution in [0.5, 0.6) is 0 Å². The van der Waals surface area contributed by atoms with Crippen LogP contribution in [-0.4, -0.2) is 38.5 Å². The minimum absolute atomic E-state index is 0.142. The molecule has 0 aromatic rings. The zero-order valence-electron chi connectivity index (χ0n) is 11.9. The molecule has 0 saturated heterocycles. The second-order valence-corrected chi connectivity index (χ2v) is 6.19. The van der Waals surface area contributed by atoms with Crippen LogP contribution < -0.4 is 5.32 Å². The van der Waals surface area contributed by atoms with Crippen LogP contribution in [0, 0.1) is 5.92 Å². The maximum absolute atomic E-state index is 5.97. The van der Waals surface area contributed by atoms with Crippen molar-refractivity contribution in [3.63, 3.8) is 0 Å². The van der Waals surface area contributed by atoms with E-state index in [9.17, 15) is 0 Å². The van der Waals surface area contributed by atoms with Crippen LogP contribution in [0.1, 0.15) is 46.5 Å². The fourth-order valence-electron chi connectivity index (χ4n) is 2.22. The van der Waals surface area contributed by atoms with Crippen LogP contribution in [0.4, 0.5) is 0 Å². The van der Waals surface area contributed by atoms with Crippen LogP contribution in [-0.2, 0) is 9.47 Å². The number of hydrogen-bond acceptors (Lipinski definition) is 3. The van der Waals surface area contributed by atoms with Gasteiger partial charge in [0.25, 0.3) is 0 Å². The van der Waals surface area contributed by atoms with Gasteiger partial charge in [-0.15, -0.1) is 0 Å². The smallest absolute Gasteiger partial charge is 0.0932 e. The highest BCUT2D eigenvalue weighted by Gasteiger charge is 2.19. The van der Waals surface area contributed by atoms with Crippen molar-refractivity contribution < 1.29 is 9.47 Å². The summed E-state index contributed by atoms with van der Waals surface area (Å²) in [6.45, 7) is 8.97. The van der Waals surface area contributed by atoms with Gasteiger partial charge in [-0.3, -0.25) is 0 Å². The summed E-state index contributed by atoms with van der Waals surface area (Å²) in [6.07, 6.45) is 5.62. The minimum Gasteiger partial charge on any atom is -0.382 e. The Bertz CT molecular complexity index is 195. The molecular formula is C14H29NO2. The third-order valence-electron chi connectivity index (χ3n) is 3.25. The predicted molar refractivity (Wildman–Crippen MR) is 71.3 cm³/mol. The highest BCUT2D eigenvalue weighted by atomic mass is 16.5. The highest BCUT2D eigenvalue weighted by molar-refractivity contribution is 4.74. The summed E-state index contributed by atoms with van der Waals surface area (Å²) < 4.78 is 11.2. The molecule has 3 heteroatoms. The molecule has 1 unspecified atom stereocenters. The van der Waals surface area contributed by atoms with Gasteiger partial charge in [-0.1, -0.05) is 12.8 Å². The fourth-order valence-corrected chi connectivity index (χ4v) is 2.22. The van der Waals surface area contributed by atoms with E-state index in [0.29, 0.717) is 6.61 Å². The van der Waals surface area contributed by atoms with Crippen molar-refractivity contribution in [3.8, 4) is 0 Å². The first-order chi connectivity index (χ1) is 8.01. The Balaban J connectivity index is 2.21. The molecule has 1 aliphatic carbocycles. The van der Waals surface area contributed by atoms with Crippen molar-refractivity contribution in [1.29, 1.82) is 0 Å². The quantitative estimate of drug-likeness (QED) is 0.745. The predicted octanol–water partition coefficient (Wildman–Crippen LogP) is 2.60. The van der Waals surface area contributed by atoms with E-state index in [1.165, 1.54) is 25.7 Å². The van der Waals surface area contributed by atoms with Gasteiger partial charge in [-0.25, -0.2) is 0 Å². The lowest BCUT2D eigenvalue weighted by molar-refractivity contribution is -0.0177. The maximum Gasteiger partial charge on any atom is 0.0932 e. The second kappa shape index (κ2) is 7.34. The normalized spacial score (nSPS) is 19.8. The topological polar surface area (TPSA) is 30.5 Å². The van der Waals surface area contributed by atoms with Crippen LogP contribution in [0.15, 0.2) is 0 Å². The van der Waals surface area contributed by atoms with Gasteiger partial charge in [-0.05, 0) is 39.5 Å². The molecule has 102 valence electrons. The lowest BCUT2D eigenvalue weighted by atomic mass is 10.1. The van der Waals surface area contributed by atoms with E-state index >= 15 is 0 Å². The first-order valence-corrected chi connectivity index (χ1v) is 6.87. The zero-order chi connectivity index (χ0) is 12.7. The van der Waals surface area contributed by atoms with Gasteiger partial charge in [0, 0.05) is 25.8 Å². The average Bonchev–Trinajstić information content (AvgIpc) is 2.74. The molecule has 1 saturated carbocycles. The van der Waals surface area contributed by atoms with Crippen LogP contribution in [0.2, 0.25) is 0 Å². The van der Waals surface area contributed by atoms with Crippen LogP contribution in [0.25, 0.3) is 0 Å². The Morgan fingerprint density at radius 3 is 2.41 bits per heavy atom. The molecule has 0 heterocycles. The van der Waals surface area contributed by atoms with E-state index < -0.39 is 0 Å². The molecule has 0 aromatic carbocycles. The molecule has 0 amide bonds. The van der Waals surface area contributed by atoms with Gasteiger partial charge in [-0.2, -0.15) is 0 Å². The molecule has 0 radical (unpaired) electrons. The van der Waals surface area contributed by atoms with Crippen LogP contribution >= 0.6 is 0 Å². The van der Waals surface area contributed by atoms with Crippen molar-refractivity contribution in [3.05, 3.63) is 0 Å². The average molecular weight is 243 g/mol. The molecule has 1 N–H and O–H groups in total. The molecule has 1 atom stereocenters. The second-order valence-electron chi connectivity index (χ2n) is 6.19. The Hall–Kier alpha value is -0.120. The summed E-state index contributed by atoms with van der Waals surface area (Å²) in [4.78, 5) is 0. The van der Waals surface area contributed by atoms with E-state index in [-0.39, 0.29) is 11.6 Å². The molecule has 3 nitrogen and oxygen atoms in total.